The monoisotopic (exact) mass is 582 g/mol. The average molecular weight is 583 g/mol. The van der Waals surface area contributed by atoms with E-state index < -0.39 is 22.6 Å². The number of alkyl halides is 3. The Bertz CT molecular complexity index is 1840. The molecule has 1 aromatic heterocycles. The zero-order chi connectivity index (χ0) is 30.7. The van der Waals surface area contributed by atoms with Crippen LogP contribution >= 0.6 is 0 Å². The average Bonchev–Trinajstić information content (AvgIpc) is 3.41. The first kappa shape index (κ1) is 28.8. The van der Waals surface area contributed by atoms with Crippen molar-refractivity contribution in [1.82, 2.24) is 9.78 Å². The lowest BCUT2D eigenvalue weighted by atomic mass is 9.94. The van der Waals surface area contributed by atoms with Crippen LogP contribution in [0.2, 0.25) is 0 Å². The molecule has 0 fully saturated rings. The van der Waals surface area contributed by atoms with Gasteiger partial charge in [-0.2, -0.15) is 23.5 Å². The molecule has 0 aliphatic rings. The highest BCUT2D eigenvalue weighted by atomic mass is 19.4. The zero-order valence-electron chi connectivity index (χ0n) is 22.5. The van der Waals surface area contributed by atoms with Crippen molar-refractivity contribution >= 4 is 11.7 Å². The van der Waals surface area contributed by atoms with Gasteiger partial charge in [0.2, 0.25) is 0 Å². The molecule has 214 valence electrons. The van der Waals surface area contributed by atoms with E-state index in [4.69, 9.17) is 9.84 Å². The summed E-state index contributed by atoms with van der Waals surface area (Å²) in [7, 11) is 0. The Morgan fingerprint density at radius 3 is 2.02 bits per heavy atom. The molecule has 5 aromatic rings. The number of non-ortho nitro benzene ring substituents is 1. The first-order chi connectivity index (χ1) is 20.6. The molecule has 0 unspecified atom stereocenters. The number of halogens is 3. The molecule has 0 atom stereocenters. The molecular formula is C32H21F3N4O4. The van der Waals surface area contributed by atoms with Gasteiger partial charge in [0.15, 0.2) is 0 Å². The van der Waals surface area contributed by atoms with Crippen molar-refractivity contribution in [3.05, 3.63) is 124 Å². The normalized spacial score (nSPS) is 11.1. The van der Waals surface area contributed by atoms with Crippen molar-refractivity contribution in [3.63, 3.8) is 0 Å². The van der Waals surface area contributed by atoms with Gasteiger partial charge in [0.1, 0.15) is 5.69 Å². The summed E-state index contributed by atoms with van der Waals surface area (Å²) in [6, 6.07) is 25.5. The molecule has 4 aromatic carbocycles. The van der Waals surface area contributed by atoms with Crippen LogP contribution in [0.1, 0.15) is 28.4 Å². The zero-order valence-corrected chi connectivity index (χ0v) is 22.5. The van der Waals surface area contributed by atoms with Gasteiger partial charge in [-0.3, -0.25) is 10.1 Å². The molecule has 0 N–H and O–H groups in total. The molecule has 43 heavy (non-hydrogen) atoms. The minimum atomic E-state index is -4.53. The molecule has 0 spiro atoms. The van der Waals surface area contributed by atoms with E-state index in [-0.39, 0.29) is 12.3 Å². The van der Waals surface area contributed by atoms with Crippen LogP contribution in [0.15, 0.2) is 97.1 Å². The fourth-order valence-corrected chi connectivity index (χ4v) is 4.57. The number of esters is 1. The number of aromatic nitrogens is 2. The number of rotatable bonds is 7. The van der Waals surface area contributed by atoms with Crippen LogP contribution < -0.4 is 0 Å². The van der Waals surface area contributed by atoms with Crippen molar-refractivity contribution in [2.45, 2.75) is 13.1 Å². The van der Waals surface area contributed by atoms with Crippen molar-refractivity contribution < 1.29 is 27.6 Å². The van der Waals surface area contributed by atoms with Crippen LogP contribution in [-0.2, 0) is 10.9 Å². The second-order valence-corrected chi connectivity index (χ2v) is 9.32. The number of carbonyl (C=O) groups is 1. The van der Waals surface area contributed by atoms with E-state index in [0.29, 0.717) is 50.5 Å². The quantitative estimate of drug-likeness (QED) is 0.110. The number of carbonyl (C=O) groups excluding carboxylic acids is 1. The summed E-state index contributed by atoms with van der Waals surface area (Å²) < 4.78 is 46.7. The van der Waals surface area contributed by atoms with E-state index in [0.717, 1.165) is 12.1 Å². The summed E-state index contributed by atoms with van der Waals surface area (Å²) in [4.78, 5) is 23.1. The fourth-order valence-electron chi connectivity index (χ4n) is 4.57. The molecule has 0 bridgehead atoms. The Hall–Kier alpha value is -5.76. The molecule has 5 rings (SSSR count). The Kier molecular flexibility index (Phi) is 7.77. The van der Waals surface area contributed by atoms with Crippen LogP contribution in [0.5, 0.6) is 0 Å². The third kappa shape index (κ3) is 5.85. The summed E-state index contributed by atoms with van der Waals surface area (Å²) in [5.41, 5.74) is 3.18. The summed E-state index contributed by atoms with van der Waals surface area (Å²) in [6.45, 7) is 1.89. The molecule has 0 radical (unpaired) electrons. The van der Waals surface area contributed by atoms with Gasteiger partial charge in [0.05, 0.1) is 45.7 Å². The first-order valence-corrected chi connectivity index (χ1v) is 12.9. The van der Waals surface area contributed by atoms with E-state index >= 15 is 0 Å². The second kappa shape index (κ2) is 11.6. The standard InChI is InChI=1S/C32H21F3N4O4/c1-2-43-31(40)24-9-7-21(8-10-24)28-29(22-11-13-25(14-12-22)32(33,34)35)37-38(26-15-17-27(18-16-26)39(41)42)30(28)23-5-3-20(19-36)4-6-23/h3-18H,2H2,1H3. The number of hydrogen-bond acceptors (Lipinski definition) is 6. The minimum absolute atomic E-state index is 0.131. The number of hydrogen-bond donors (Lipinski definition) is 0. The Morgan fingerprint density at radius 2 is 1.49 bits per heavy atom. The lowest BCUT2D eigenvalue weighted by molar-refractivity contribution is -0.384. The third-order valence-electron chi connectivity index (χ3n) is 6.65. The van der Waals surface area contributed by atoms with Gasteiger partial charge >= 0.3 is 12.1 Å². The fraction of sp³-hybridized carbons (Fsp3) is 0.0938. The topological polar surface area (TPSA) is 111 Å². The van der Waals surface area contributed by atoms with Crippen LogP contribution in [0.4, 0.5) is 18.9 Å². The summed E-state index contributed by atoms with van der Waals surface area (Å²) in [5.74, 6) is -0.508. The van der Waals surface area contributed by atoms with Gasteiger partial charge < -0.3 is 4.74 Å². The maximum absolute atomic E-state index is 13.4. The SMILES string of the molecule is CCOC(=O)c1ccc(-c2c(-c3ccc(C(F)(F)F)cc3)nn(-c3ccc([N+](=O)[O-])cc3)c2-c2ccc(C#N)cc2)cc1. The Morgan fingerprint density at radius 1 is 0.907 bits per heavy atom. The summed E-state index contributed by atoms with van der Waals surface area (Å²) in [5, 5.41) is 25.4. The summed E-state index contributed by atoms with van der Waals surface area (Å²) >= 11 is 0. The number of nitro benzene ring substituents is 1. The number of ether oxygens (including phenoxy) is 1. The second-order valence-electron chi connectivity index (χ2n) is 9.32. The van der Waals surface area contributed by atoms with E-state index in [2.05, 4.69) is 6.07 Å². The van der Waals surface area contributed by atoms with Crippen LogP contribution in [0.3, 0.4) is 0 Å². The van der Waals surface area contributed by atoms with Gasteiger partial charge in [-0.1, -0.05) is 36.4 Å². The highest BCUT2D eigenvalue weighted by Gasteiger charge is 2.31. The van der Waals surface area contributed by atoms with E-state index in [9.17, 15) is 33.3 Å². The van der Waals surface area contributed by atoms with Gasteiger partial charge in [0.25, 0.3) is 5.69 Å². The minimum Gasteiger partial charge on any atom is -0.462 e. The Balaban J connectivity index is 1.80. The smallest absolute Gasteiger partial charge is 0.416 e. The highest BCUT2D eigenvalue weighted by molar-refractivity contribution is 5.95. The highest BCUT2D eigenvalue weighted by Crippen LogP contribution is 2.42. The lowest BCUT2D eigenvalue weighted by Crippen LogP contribution is -2.04. The van der Waals surface area contributed by atoms with Gasteiger partial charge in [-0.25, -0.2) is 9.48 Å². The van der Waals surface area contributed by atoms with E-state index in [1.807, 2.05) is 0 Å². The molecule has 0 aliphatic carbocycles. The van der Waals surface area contributed by atoms with Crippen molar-refractivity contribution in [3.8, 4) is 45.4 Å². The summed E-state index contributed by atoms with van der Waals surface area (Å²) in [6.07, 6.45) is -4.53. The van der Waals surface area contributed by atoms with Gasteiger partial charge in [-0.15, -0.1) is 0 Å². The predicted molar refractivity (Wildman–Crippen MR) is 152 cm³/mol. The van der Waals surface area contributed by atoms with Crippen LogP contribution in [-0.4, -0.2) is 27.3 Å². The number of nitrogens with zero attached hydrogens (tertiary/aromatic N) is 4. The largest absolute Gasteiger partial charge is 0.462 e. The molecule has 1 heterocycles. The maximum Gasteiger partial charge on any atom is 0.416 e. The number of nitriles is 1. The van der Waals surface area contributed by atoms with Crippen LogP contribution in [0, 0.1) is 21.4 Å². The maximum atomic E-state index is 13.4. The number of benzene rings is 4. The molecule has 0 amide bonds. The predicted octanol–water partition coefficient (Wildman–Crippen LogP) is 7.85. The first-order valence-electron chi connectivity index (χ1n) is 12.9. The molecule has 11 heteroatoms. The van der Waals surface area contributed by atoms with Crippen LogP contribution in [0.25, 0.3) is 39.3 Å². The van der Waals surface area contributed by atoms with Crippen molar-refractivity contribution in [2.24, 2.45) is 0 Å². The molecular weight excluding hydrogens is 561 g/mol. The Labute approximate surface area is 243 Å². The van der Waals surface area contributed by atoms with Gasteiger partial charge in [0, 0.05) is 28.8 Å². The number of nitro groups is 1. The van der Waals surface area contributed by atoms with Gasteiger partial charge in [-0.05, 0) is 61.0 Å². The third-order valence-corrected chi connectivity index (χ3v) is 6.65. The van der Waals surface area contributed by atoms with E-state index in [1.54, 1.807) is 60.1 Å². The van der Waals surface area contributed by atoms with Crippen molar-refractivity contribution in [1.29, 1.82) is 5.26 Å². The van der Waals surface area contributed by atoms with E-state index in [1.165, 1.54) is 36.4 Å². The molecule has 0 saturated carbocycles. The molecule has 0 aliphatic heterocycles. The lowest BCUT2D eigenvalue weighted by Gasteiger charge is -2.12. The molecule has 8 nitrogen and oxygen atoms in total. The van der Waals surface area contributed by atoms with Crippen molar-refractivity contribution in [2.75, 3.05) is 6.61 Å². The molecule has 0 saturated heterocycles.